The Kier molecular flexibility index (Phi) is 10.2. The van der Waals surface area contributed by atoms with Gasteiger partial charge in [-0.15, -0.1) is 0 Å². The van der Waals surface area contributed by atoms with E-state index in [-0.39, 0.29) is 25.7 Å². The highest BCUT2D eigenvalue weighted by molar-refractivity contribution is 5.90. The normalized spacial score (nSPS) is 23.6. The van der Waals surface area contributed by atoms with Gasteiger partial charge >= 0.3 is 6.09 Å². The number of phenols is 1. The summed E-state index contributed by atoms with van der Waals surface area (Å²) < 4.78 is 5.86. The van der Waals surface area contributed by atoms with E-state index < -0.39 is 36.3 Å². The number of aliphatic hydroxyl groups is 2. The van der Waals surface area contributed by atoms with Crippen LogP contribution in [0.4, 0.5) is 4.79 Å². The largest absolute Gasteiger partial charge is 0.508 e. The number of amides is 2. The van der Waals surface area contributed by atoms with Crippen molar-refractivity contribution >= 4 is 12.0 Å². The van der Waals surface area contributed by atoms with Crippen LogP contribution in [0.25, 0.3) is 0 Å². The van der Waals surface area contributed by atoms with Crippen LogP contribution in [0.5, 0.6) is 5.75 Å². The first-order valence-electron chi connectivity index (χ1n) is 13.2. The van der Waals surface area contributed by atoms with Crippen LogP contribution >= 0.6 is 0 Å². The quantitative estimate of drug-likeness (QED) is 0.333. The molecule has 0 saturated heterocycles. The lowest BCUT2D eigenvalue weighted by atomic mass is 9.71. The van der Waals surface area contributed by atoms with E-state index >= 15 is 0 Å². The minimum atomic E-state index is -1.44. The van der Waals surface area contributed by atoms with E-state index in [2.05, 4.69) is 10.6 Å². The summed E-state index contributed by atoms with van der Waals surface area (Å²) in [5.41, 5.74) is -0.174. The fourth-order valence-electron chi connectivity index (χ4n) is 5.75. The smallest absolute Gasteiger partial charge is 0.408 e. The molecule has 6 atom stereocenters. The summed E-state index contributed by atoms with van der Waals surface area (Å²) in [5, 5.41) is 35.9. The number of phenolic OH excluding ortho intramolecular Hbond substituents is 1. The van der Waals surface area contributed by atoms with Crippen molar-refractivity contribution in [1.82, 2.24) is 10.6 Å². The standard InChI is InChI=1S/C29H38N2O6.CH4/c1-29(17-20-10-13-23(33)14-11-20,27(35)30-24(18-32)26(34)21-7-3-2-4-8-21)31-28(36)37-25-15-12-19-6-5-9-22(25)16-19;/h2-4,7-8,10-11,13-14,19,22,24-26,32-34H,5-6,9,12,15-18H2,1H3,(H,30,35)(H,31,36);1H4. The van der Waals surface area contributed by atoms with Crippen LogP contribution < -0.4 is 10.6 Å². The molecule has 208 valence electrons. The summed E-state index contributed by atoms with van der Waals surface area (Å²) in [7, 11) is 0. The van der Waals surface area contributed by atoms with Gasteiger partial charge in [0, 0.05) is 6.42 Å². The molecule has 2 bridgehead atoms. The lowest BCUT2D eigenvalue weighted by Crippen LogP contribution is -2.61. The Hall–Kier alpha value is -3.10. The van der Waals surface area contributed by atoms with Gasteiger partial charge in [-0.3, -0.25) is 4.79 Å². The van der Waals surface area contributed by atoms with Crippen molar-refractivity contribution in [3.63, 3.8) is 0 Å². The molecule has 0 heterocycles. The van der Waals surface area contributed by atoms with Crippen molar-refractivity contribution in [3.8, 4) is 5.75 Å². The number of hydrogen-bond donors (Lipinski definition) is 5. The van der Waals surface area contributed by atoms with Crippen molar-refractivity contribution in [2.75, 3.05) is 6.61 Å². The third kappa shape index (κ3) is 7.26. The molecule has 8 nitrogen and oxygen atoms in total. The van der Waals surface area contributed by atoms with Crippen LogP contribution in [-0.4, -0.2) is 51.6 Å². The number of hydrogen-bond acceptors (Lipinski definition) is 6. The molecule has 2 amide bonds. The van der Waals surface area contributed by atoms with E-state index in [1.165, 1.54) is 18.6 Å². The minimum absolute atomic E-state index is 0. The predicted octanol–water partition coefficient (Wildman–Crippen LogP) is 4.24. The van der Waals surface area contributed by atoms with Crippen LogP contribution in [-0.2, 0) is 16.0 Å². The lowest BCUT2D eigenvalue weighted by Gasteiger charge is -2.40. The highest BCUT2D eigenvalue weighted by Gasteiger charge is 2.40. The van der Waals surface area contributed by atoms with Crippen molar-refractivity contribution in [1.29, 1.82) is 0 Å². The van der Waals surface area contributed by atoms with Crippen LogP contribution in [0.15, 0.2) is 54.6 Å². The summed E-state index contributed by atoms with van der Waals surface area (Å²) >= 11 is 0. The molecule has 2 aromatic carbocycles. The molecule has 0 spiro atoms. The topological polar surface area (TPSA) is 128 Å². The lowest BCUT2D eigenvalue weighted by molar-refractivity contribution is -0.129. The number of carbonyl (C=O) groups excluding carboxylic acids is 2. The molecule has 5 N–H and O–H groups in total. The van der Waals surface area contributed by atoms with Gasteiger partial charge in [-0.1, -0.05) is 62.7 Å². The van der Waals surface area contributed by atoms with Crippen LogP contribution in [0.3, 0.4) is 0 Å². The zero-order valence-corrected chi connectivity index (χ0v) is 21.3. The maximum absolute atomic E-state index is 13.6. The third-order valence-electron chi connectivity index (χ3n) is 7.88. The first kappa shape index (κ1) is 29.5. The van der Waals surface area contributed by atoms with Crippen molar-refractivity contribution in [3.05, 3.63) is 65.7 Å². The first-order chi connectivity index (χ1) is 17.8. The molecule has 0 aromatic heterocycles. The van der Waals surface area contributed by atoms with Gasteiger partial charge in [0.05, 0.1) is 12.6 Å². The van der Waals surface area contributed by atoms with Gasteiger partial charge in [-0.05, 0) is 67.7 Å². The summed E-state index contributed by atoms with van der Waals surface area (Å²) in [6.07, 6.45) is 4.58. The number of ether oxygens (including phenoxy) is 1. The van der Waals surface area contributed by atoms with E-state index in [1.54, 1.807) is 43.3 Å². The molecule has 38 heavy (non-hydrogen) atoms. The third-order valence-corrected chi connectivity index (χ3v) is 7.88. The molecule has 2 fully saturated rings. The van der Waals surface area contributed by atoms with E-state index in [4.69, 9.17) is 4.74 Å². The molecule has 8 heteroatoms. The molecule has 2 aliphatic carbocycles. The van der Waals surface area contributed by atoms with E-state index in [0.717, 1.165) is 38.0 Å². The van der Waals surface area contributed by atoms with E-state index in [0.29, 0.717) is 17.0 Å². The number of alkyl carbamates (subject to hydrolysis) is 1. The number of aromatic hydroxyl groups is 1. The summed E-state index contributed by atoms with van der Waals surface area (Å²) in [5.74, 6) is 0.610. The van der Waals surface area contributed by atoms with Gasteiger partial charge in [-0.2, -0.15) is 0 Å². The monoisotopic (exact) mass is 526 g/mol. The molecule has 4 rings (SSSR count). The van der Waals surface area contributed by atoms with Gasteiger partial charge in [0.1, 0.15) is 23.5 Å². The Labute approximate surface area is 225 Å². The molecular weight excluding hydrogens is 484 g/mol. The maximum atomic E-state index is 13.6. The molecule has 2 saturated carbocycles. The van der Waals surface area contributed by atoms with E-state index in [9.17, 15) is 24.9 Å². The minimum Gasteiger partial charge on any atom is -0.508 e. The number of nitrogens with one attached hydrogen (secondary N) is 2. The zero-order chi connectivity index (χ0) is 26.4. The van der Waals surface area contributed by atoms with Crippen molar-refractivity contribution < 1.29 is 29.6 Å². The van der Waals surface area contributed by atoms with Gasteiger partial charge in [0.2, 0.25) is 5.91 Å². The Morgan fingerprint density at radius 2 is 1.76 bits per heavy atom. The average molecular weight is 527 g/mol. The molecule has 0 aliphatic heterocycles. The second kappa shape index (κ2) is 13.1. The highest BCUT2D eigenvalue weighted by Crippen LogP contribution is 2.41. The molecule has 6 unspecified atom stereocenters. The van der Waals surface area contributed by atoms with Crippen molar-refractivity contribution in [2.45, 2.75) is 83.1 Å². The Bertz CT molecular complexity index is 1050. The van der Waals surface area contributed by atoms with E-state index in [1.807, 2.05) is 6.07 Å². The number of benzene rings is 2. The van der Waals surface area contributed by atoms with Gasteiger partial charge in [-0.25, -0.2) is 4.79 Å². The molecule has 2 aromatic rings. The fourth-order valence-corrected chi connectivity index (χ4v) is 5.75. The predicted molar refractivity (Wildman–Crippen MR) is 145 cm³/mol. The summed E-state index contributed by atoms with van der Waals surface area (Å²) in [4.78, 5) is 26.7. The first-order valence-corrected chi connectivity index (χ1v) is 13.2. The number of carbonyl (C=O) groups is 2. The van der Waals surface area contributed by atoms with Crippen LogP contribution in [0.2, 0.25) is 0 Å². The van der Waals surface area contributed by atoms with Crippen molar-refractivity contribution in [2.24, 2.45) is 11.8 Å². The second-order valence-corrected chi connectivity index (χ2v) is 10.7. The SMILES string of the molecule is C.CC(Cc1ccc(O)cc1)(NC(=O)OC1CCC2CCCC1C2)C(=O)NC(CO)C(O)c1ccccc1. The fraction of sp³-hybridized carbons (Fsp3) is 0.533. The molecule has 2 aliphatic rings. The molecular formula is C30H42N2O6. The number of aliphatic hydroxyl groups excluding tert-OH is 2. The van der Waals surface area contributed by atoms with Crippen LogP contribution in [0, 0.1) is 11.8 Å². The Morgan fingerprint density at radius 1 is 1.05 bits per heavy atom. The Balaban J connectivity index is 0.00000400. The van der Waals surface area contributed by atoms with Crippen LogP contribution in [0.1, 0.15) is 70.1 Å². The maximum Gasteiger partial charge on any atom is 0.408 e. The summed E-state index contributed by atoms with van der Waals surface area (Å²) in [6, 6.07) is 14.2. The summed E-state index contributed by atoms with van der Waals surface area (Å²) in [6.45, 7) is 1.10. The van der Waals surface area contributed by atoms with Gasteiger partial charge in [0.15, 0.2) is 0 Å². The average Bonchev–Trinajstić information content (AvgIpc) is 2.90. The zero-order valence-electron chi connectivity index (χ0n) is 21.3. The molecule has 0 radical (unpaired) electrons. The number of fused-ring (bicyclic) bond motifs is 2. The number of rotatable bonds is 9. The van der Waals surface area contributed by atoms with Gasteiger partial charge in [0.25, 0.3) is 0 Å². The highest BCUT2D eigenvalue weighted by atomic mass is 16.6. The second-order valence-electron chi connectivity index (χ2n) is 10.7. The Morgan fingerprint density at radius 3 is 2.45 bits per heavy atom. The van der Waals surface area contributed by atoms with Gasteiger partial charge < -0.3 is 30.7 Å².